The molecule has 6 heteroatoms. The molecule has 0 radical (unpaired) electrons. The van der Waals surface area contributed by atoms with E-state index in [0.29, 0.717) is 13.0 Å². The van der Waals surface area contributed by atoms with Crippen molar-refractivity contribution in [1.29, 1.82) is 5.26 Å². The normalized spacial score (nSPS) is 9.71. The molecule has 0 saturated heterocycles. The minimum Gasteiger partial charge on any atom is -0.351 e. The molecule has 0 aliphatic carbocycles. The molecule has 17 heavy (non-hydrogen) atoms. The predicted molar refractivity (Wildman–Crippen MR) is 66.1 cm³/mol. The minimum atomic E-state index is -0.352. The van der Waals surface area contributed by atoms with Gasteiger partial charge in [0, 0.05) is 13.0 Å². The summed E-state index contributed by atoms with van der Waals surface area (Å²) in [6, 6.07) is 5.09. The van der Waals surface area contributed by atoms with Crippen LogP contribution in [-0.2, 0) is 0 Å². The van der Waals surface area contributed by atoms with Crippen LogP contribution >= 0.6 is 23.2 Å². The summed E-state index contributed by atoms with van der Waals surface area (Å²) in [5.41, 5.74) is 0.124. The van der Waals surface area contributed by atoms with Gasteiger partial charge in [-0.05, 0) is 25.0 Å². The summed E-state index contributed by atoms with van der Waals surface area (Å²) in [6.45, 7) is 0.491. The Morgan fingerprint density at radius 3 is 2.88 bits per heavy atom. The zero-order valence-electron chi connectivity index (χ0n) is 9.04. The van der Waals surface area contributed by atoms with E-state index in [4.69, 9.17) is 28.5 Å². The van der Waals surface area contributed by atoms with Crippen LogP contribution in [0.25, 0.3) is 0 Å². The maximum atomic E-state index is 11.7. The highest BCUT2D eigenvalue weighted by Crippen LogP contribution is 2.16. The third kappa shape index (κ3) is 4.59. The van der Waals surface area contributed by atoms with Gasteiger partial charge in [-0.25, -0.2) is 4.98 Å². The van der Waals surface area contributed by atoms with Gasteiger partial charge in [-0.3, -0.25) is 4.79 Å². The highest BCUT2D eigenvalue weighted by atomic mass is 35.5. The smallest absolute Gasteiger partial charge is 0.271 e. The fourth-order valence-electron chi connectivity index (χ4n) is 1.19. The molecule has 0 aliphatic heterocycles. The number of pyridine rings is 1. The first-order valence-corrected chi connectivity index (χ1v) is 5.88. The van der Waals surface area contributed by atoms with Crippen molar-refractivity contribution in [2.45, 2.75) is 19.3 Å². The molecule has 0 spiro atoms. The van der Waals surface area contributed by atoms with Crippen molar-refractivity contribution in [2.75, 3.05) is 6.54 Å². The Kier molecular flexibility index (Phi) is 5.75. The van der Waals surface area contributed by atoms with E-state index in [1.165, 1.54) is 12.1 Å². The SMILES string of the molecule is N#CCCCCNC(=O)c1nc(Cl)ccc1Cl. The molecule has 0 bridgehead atoms. The number of amides is 1. The van der Waals surface area contributed by atoms with Gasteiger partial charge < -0.3 is 5.32 Å². The van der Waals surface area contributed by atoms with Gasteiger partial charge in [-0.15, -0.1) is 0 Å². The van der Waals surface area contributed by atoms with E-state index in [1.54, 1.807) is 0 Å². The van der Waals surface area contributed by atoms with Gasteiger partial charge in [0.15, 0.2) is 0 Å². The Morgan fingerprint density at radius 1 is 1.41 bits per heavy atom. The lowest BCUT2D eigenvalue weighted by Crippen LogP contribution is -2.25. The highest BCUT2D eigenvalue weighted by Gasteiger charge is 2.11. The van der Waals surface area contributed by atoms with E-state index in [9.17, 15) is 4.79 Å². The number of halogens is 2. The van der Waals surface area contributed by atoms with Gasteiger partial charge in [0.1, 0.15) is 10.8 Å². The number of carbonyl (C=O) groups is 1. The molecule has 0 fully saturated rings. The van der Waals surface area contributed by atoms with Gasteiger partial charge in [0.2, 0.25) is 0 Å². The molecule has 0 aromatic carbocycles. The molecule has 0 unspecified atom stereocenters. The first-order valence-electron chi connectivity index (χ1n) is 5.12. The lowest BCUT2D eigenvalue weighted by molar-refractivity contribution is 0.0948. The molecule has 0 saturated carbocycles. The summed E-state index contributed by atoms with van der Waals surface area (Å²) in [6.07, 6.45) is 2.00. The van der Waals surface area contributed by atoms with Gasteiger partial charge in [0.05, 0.1) is 11.1 Å². The van der Waals surface area contributed by atoms with Crippen LogP contribution in [0.15, 0.2) is 12.1 Å². The second kappa shape index (κ2) is 7.10. The number of nitrogens with zero attached hydrogens (tertiary/aromatic N) is 2. The molecule has 1 amide bonds. The van der Waals surface area contributed by atoms with Gasteiger partial charge in [-0.2, -0.15) is 5.26 Å². The average Bonchev–Trinajstić information content (AvgIpc) is 2.32. The van der Waals surface area contributed by atoms with Crippen LogP contribution in [0.2, 0.25) is 10.2 Å². The number of rotatable bonds is 5. The van der Waals surface area contributed by atoms with Gasteiger partial charge >= 0.3 is 0 Å². The zero-order chi connectivity index (χ0) is 12.7. The van der Waals surface area contributed by atoms with Crippen LogP contribution in [0, 0.1) is 11.3 Å². The van der Waals surface area contributed by atoms with Gasteiger partial charge in [-0.1, -0.05) is 23.2 Å². The molecule has 1 rings (SSSR count). The molecule has 1 N–H and O–H groups in total. The molecule has 90 valence electrons. The molecule has 1 aromatic rings. The van der Waals surface area contributed by atoms with Crippen molar-refractivity contribution >= 4 is 29.1 Å². The van der Waals surface area contributed by atoms with Crippen molar-refractivity contribution in [2.24, 2.45) is 0 Å². The predicted octanol–water partition coefficient (Wildman–Crippen LogP) is 2.81. The van der Waals surface area contributed by atoms with Crippen LogP contribution in [-0.4, -0.2) is 17.4 Å². The van der Waals surface area contributed by atoms with Crippen molar-refractivity contribution < 1.29 is 4.79 Å². The molecule has 1 aromatic heterocycles. The Hall–Kier alpha value is -1.31. The Balaban J connectivity index is 2.47. The Labute approximate surface area is 110 Å². The molecular formula is C11H11Cl2N3O. The third-order valence-corrected chi connectivity index (χ3v) is 2.54. The molecule has 0 atom stereocenters. The quantitative estimate of drug-likeness (QED) is 0.662. The van der Waals surface area contributed by atoms with Crippen molar-refractivity contribution in [1.82, 2.24) is 10.3 Å². The van der Waals surface area contributed by atoms with E-state index in [1.807, 2.05) is 6.07 Å². The number of carbonyl (C=O) groups excluding carboxylic acids is 1. The summed E-state index contributed by atoms with van der Waals surface area (Å²) < 4.78 is 0. The van der Waals surface area contributed by atoms with Crippen LogP contribution in [0.1, 0.15) is 29.8 Å². The topological polar surface area (TPSA) is 65.8 Å². The zero-order valence-corrected chi connectivity index (χ0v) is 10.6. The summed E-state index contributed by atoms with van der Waals surface area (Å²) >= 11 is 11.5. The van der Waals surface area contributed by atoms with Crippen LogP contribution in [0.4, 0.5) is 0 Å². The number of unbranched alkanes of at least 4 members (excludes halogenated alkanes) is 2. The maximum Gasteiger partial charge on any atom is 0.271 e. The Bertz CT molecular complexity index is 443. The average molecular weight is 272 g/mol. The molecule has 1 heterocycles. The summed E-state index contributed by atoms with van der Waals surface area (Å²) in [5.74, 6) is -0.352. The number of nitrogens with one attached hydrogen (secondary N) is 1. The largest absolute Gasteiger partial charge is 0.351 e. The third-order valence-electron chi connectivity index (χ3n) is 2.03. The first kappa shape index (κ1) is 13.8. The number of hydrogen-bond acceptors (Lipinski definition) is 3. The maximum absolute atomic E-state index is 11.7. The van der Waals surface area contributed by atoms with Crippen molar-refractivity contribution in [3.8, 4) is 6.07 Å². The molecular weight excluding hydrogens is 261 g/mol. The Morgan fingerprint density at radius 2 is 2.18 bits per heavy atom. The van der Waals surface area contributed by atoms with Crippen molar-refractivity contribution in [3.63, 3.8) is 0 Å². The summed E-state index contributed by atoms with van der Waals surface area (Å²) in [5, 5.41) is 11.5. The molecule has 0 aliphatic rings. The first-order chi connectivity index (χ1) is 8.15. The second-order valence-electron chi connectivity index (χ2n) is 3.34. The molecule has 4 nitrogen and oxygen atoms in total. The fourth-order valence-corrected chi connectivity index (χ4v) is 1.53. The lowest BCUT2D eigenvalue weighted by Gasteiger charge is -2.05. The summed E-state index contributed by atoms with van der Waals surface area (Å²) in [7, 11) is 0. The van der Waals surface area contributed by atoms with Gasteiger partial charge in [0.25, 0.3) is 5.91 Å². The fraction of sp³-hybridized carbons (Fsp3) is 0.364. The van der Waals surface area contributed by atoms with Crippen LogP contribution in [0.5, 0.6) is 0 Å². The highest BCUT2D eigenvalue weighted by molar-refractivity contribution is 6.34. The number of aromatic nitrogens is 1. The van der Waals surface area contributed by atoms with Crippen LogP contribution < -0.4 is 5.32 Å². The lowest BCUT2D eigenvalue weighted by atomic mass is 10.2. The number of nitriles is 1. The summed E-state index contributed by atoms with van der Waals surface area (Å²) in [4.78, 5) is 15.5. The van der Waals surface area contributed by atoms with E-state index in [-0.39, 0.29) is 21.8 Å². The van der Waals surface area contributed by atoms with E-state index in [2.05, 4.69) is 10.3 Å². The number of hydrogen-bond donors (Lipinski definition) is 1. The standard InChI is InChI=1S/C11H11Cl2N3O/c12-8-4-5-9(13)16-10(8)11(17)15-7-3-1-2-6-14/h4-5H,1-3,7H2,(H,15,17). The van der Waals surface area contributed by atoms with Crippen molar-refractivity contribution in [3.05, 3.63) is 28.0 Å². The minimum absolute atomic E-state index is 0.124. The van der Waals surface area contributed by atoms with E-state index < -0.39 is 0 Å². The van der Waals surface area contributed by atoms with Crippen LogP contribution in [0.3, 0.4) is 0 Å². The van der Waals surface area contributed by atoms with E-state index >= 15 is 0 Å². The van der Waals surface area contributed by atoms with E-state index in [0.717, 1.165) is 12.8 Å². The monoisotopic (exact) mass is 271 g/mol. The second-order valence-corrected chi connectivity index (χ2v) is 4.13.